The molecule has 0 unspecified atom stereocenters. The molecule has 5 heteroatoms. The van der Waals surface area contributed by atoms with Gasteiger partial charge in [-0.25, -0.2) is 4.99 Å². The minimum absolute atomic E-state index is 0.492. The molecule has 5 nitrogen and oxygen atoms in total. The number of hydrogen-bond acceptors (Lipinski definition) is 3. The number of guanidine groups is 1. The first-order chi connectivity index (χ1) is 11.7. The smallest absolute Gasteiger partial charge is 0.191 e. The Morgan fingerprint density at radius 3 is 2.79 bits per heavy atom. The molecule has 0 spiro atoms. The molecule has 0 heterocycles. The van der Waals surface area contributed by atoms with Gasteiger partial charge in [0, 0.05) is 25.3 Å². The summed E-state index contributed by atoms with van der Waals surface area (Å²) in [6, 6.07) is 7.93. The van der Waals surface area contributed by atoms with E-state index in [1.165, 1.54) is 0 Å². The van der Waals surface area contributed by atoms with Crippen LogP contribution < -0.4 is 15.4 Å². The summed E-state index contributed by atoms with van der Waals surface area (Å²) in [5.74, 6) is 2.18. The molecule has 0 fully saturated rings. The highest BCUT2D eigenvalue weighted by Crippen LogP contribution is 2.18. The second-order valence-corrected chi connectivity index (χ2v) is 5.80. The summed E-state index contributed by atoms with van der Waals surface area (Å²) in [6.07, 6.45) is 1.74. The molecule has 0 aromatic heterocycles. The molecule has 0 radical (unpaired) electrons. The highest BCUT2D eigenvalue weighted by Gasteiger charge is 2.03. The van der Waals surface area contributed by atoms with Crippen molar-refractivity contribution < 1.29 is 9.47 Å². The van der Waals surface area contributed by atoms with E-state index in [-0.39, 0.29) is 0 Å². The first kappa shape index (κ1) is 20.0. The Balaban J connectivity index is 2.54. The molecule has 2 N–H and O–H groups in total. The first-order valence-electron chi connectivity index (χ1n) is 8.58. The second kappa shape index (κ2) is 12.4. The maximum absolute atomic E-state index is 5.67. The van der Waals surface area contributed by atoms with Crippen LogP contribution in [0.15, 0.2) is 41.9 Å². The Morgan fingerprint density at radius 2 is 2.08 bits per heavy atom. The van der Waals surface area contributed by atoms with Gasteiger partial charge in [0.2, 0.25) is 0 Å². The van der Waals surface area contributed by atoms with E-state index in [4.69, 9.17) is 9.47 Å². The predicted octanol–water partition coefficient (Wildman–Crippen LogP) is 2.98. The lowest BCUT2D eigenvalue weighted by Crippen LogP contribution is -2.39. The molecule has 0 aliphatic carbocycles. The van der Waals surface area contributed by atoms with Crippen LogP contribution in [0, 0.1) is 5.92 Å². The molecule has 1 aromatic carbocycles. The van der Waals surface area contributed by atoms with Crippen LogP contribution in [-0.2, 0) is 11.3 Å². The summed E-state index contributed by atoms with van der Waals surface area (Å²) < 4.78 is 11.2. The standard InChI is InChI=1S/C19H31N3O2/c1-5-12-24-18-10-8-7-9-17(18)14-22-19(20-6-2)21-11-13-23-15-16(3)4/h5,7-10,16H,1,6,11-15H2,2-4H3,(H2,20,21,22). The lowest BCUT2D eigenvalue weighted by atomic mass is 10.2. The van der Waals surface area contributed by atoms with Gasteiger partial charge in [0.15, 0.2) is 5.96 Å². The topological polar surface area (TPSA) is 54.9 Å². The molecular formula is C19H31N3O2. The van der Waals surface area contributed by atoms with E-state index in [1.807, 2.05) is 31.2 Å². The monoisotopic (exact) mass is 333 g/mol. The average molecular weight is 333 g/mol. The highest BCUT2D eigenvalue weighted by atomic mass is 16.5. The number of ether oxygens (including phenoxy) is 2. The summed E-state index contributed by atoms with van der Waals surface area (Å²) in [5.41, 5.74) is 1.05. The number of nitrogens with zero attached hydrogens (tertiary/aromatic N) is 1. The first-order valence-corrected chi connectivity index (χ1v) is 8.58. The van der Waals surface area contributed by atoms with Crippen LogP contribution in [0.1, 0.15) is 26.3 Å². The molecule has 0 amide bonds. The van der Waals surface area contributed by atoms with Crippen molar-refractivity contribution in [3.63, 3.8) is 0 Å². The molecule has 1 aromatic rings. The maximum atomic E-state index is 5.67. The fourth-order valence-electron chi connectivity index (χ4n) is 1.99. The molecule has 1 rings (SSSR count). The van der Waals surface area contributed by atoms with Crippen LogP contribution in [0.2, 0.25) is 0 Å². The number of rotatable bonds is 11. The average Bonchev–Trinajstić information content (AvgIpc) is 2.57. The van der Waals surface area contributed by atoms with E-state index < -0.39 is 0 Å². The van der Waals surface area contributed by atoms with Crippen molar-refractivity contribution in [2.45, 2.75) is 27.3 Å². The third-order valence-electron chi connectivity index (χ3n) is 3.07. The Hall–Kier alpha value is -2.01. The second-order valence-electron chi connectivity index (χ2n) is 5.80. The van der Waals surface area contributed by atoms with Crippen molar-refractivity contribution >= 4 is 5.96 Å². The van der Waals surface area contributed by atoms with Crippen LogP contribution in [-0.4, -0.2) is 38.9 Å². The molecule has 0 atom stereocenters. The zero-order valence-electron chi connectivity index (χ0n) is 15.2. The number of nitrogens with one attached hydrogen (secondary N) is 2. The minimum Gasteiger partial charge on any atom is -0.489 e. The van der Waals surface area contributed by atoms with Gasteiger partial charge in [-0.2, -0.15) is 0 Å². The van der Waals surface area contributed by atoms with Crippen LogP contribution in [0.5, 0.6) is 5.75 Å². The molecule has 24 heavy (non-hydrogen) atoms. The molecular weight excluding hydrogens is 302 g/mol. The normalized spacial score (nSPS) is 11.4. The van der Waals surface area contributed by atoms with Crippen LogP contribution in [0.4, 0.5) is 0 Å². The number of benzene rings is 1. The molecule has 0 aliphatic rings. The van der Waals surface area contributed by atoms with Gasteiger partial charge in [-0.3, -0.25) is 0 Å². The van der Waals surface area contributed by atoms with E-state index in [2.05, 4.69) is 36.1 Å². The molecule has 0 aliphatic heterocycles. The van der Waals surface area contributed by atoms with E-state index in [0.717, 1.165) is 37.0 Å². The molecule has 134 valence electrons. The Labute approximate surface area is 146 Å². The van der Waals surface area contributed by atoms with E-state index in [0.29, 0.717) is 25.7 Å². The minimum atomic E-state index is 0.492. The summed E-state index contributed by atoms with van der Waals surface area (Å²) in [6.45, 7) is 14.1. The lowest BCUT2D eigenvalue weighted by molar-refractivity contribution is 0.114. The summed E-state index contributed by atoms with van der Waals surface area (Å²) in [5, 5.41) is 6.53. The van der Waals surface area contributed by atoms with Crippen molar-refractivity contribution in [2.24, 2.45) is 10.9 Å². The zero-order chi connectivity index (χ0) is 17.6. The van der Waals surface area contributed by atoms with Crippen LogP contribution in [0.25, 0.3) is 0 Å². The van der Waals surface area contributed by atoms with Gasteiger partial charge in [0.05, 0.1) is 13.2 Å². The Kier molecular flexibility index (Phi) is 10.4. The SMILES string of the molecule is C=CCOc1ccccc1CN=C(NCC)NCCOCC(C)C. The third-order valence-corrected chi connectivity index (χ3v) is 3.07. The molecule has 0 bridgehead atoms. The van der Waals surface area contributed by atoms with E-state index in [9.17, 15) is 0 Å². The molecule has 0 saturated carbocycles. The summed E-state index contributed by atoms with van der Waals surface area (Å²) in [7, 11) is 0. The van der Waals surface area contributed by atoms with Crippen molar-refractivity contribution in [1.82, 2.24) is 10.6 Å². The van der Waals surface area contributed by atoms with E-state index in [1.54, 1.807) is 6.08 Å². The fraction of sp³-hybridized carbons (Fsp3) is 0.526. The summed E-state index contributed by atoms with van der Waals surface area (Å²) >= 11 is 0. The van der Waals surface area contributed by atoms with Crippen LogP contribution in [0.3, 0.4) is 0 Å². The summed E-state index contributed by atoms with van der Waals surface area (Å²) in [4.78, 5) is 4.62. The van der Waals surface area contributed by atoms with Crippen molar-refractivity contribution in [3.8, 4) is 5.75 Å². The van der Waals surface area contributed by atoms with Crippen LogP contribution >= 0.6 is 0 Å². The Bertz CT molecular complexity index is 501. The third kappa shape index (κ3) is 8.58. The van der Waals surface area contributed by atoms with Gasteiger partial charge in [0.25, 0.3) is 0 Å². The van der Waals surface area contributed by atoms with Gasteiger partial charge < -0.3 is 20.1 Å². The van der Waals surface area contributed by atoms with Gasteiger partial charge in [0.1, 0.15) is 12.4 Å². The van der Waals surface area contributed by atoms with Gasteiger partial charge >= 0.3 is 0 Å². The van der Waals surface area contributed by atoms with Crippen molar-refractivity contribution in [2.75, 3.05) is 32.9 Å². The quantitative estimate of drug-likeness (QED) is 0.283. The lowest BCUT2D eigenvalue weighted by Gasteiger charge is -2.13. The largest absolute Gasteiger partial charge is 0.489 e. The van der Waals surface area contributed by atoms with Gasteiger partial charge in [-0.05, 0) is 18.9 Å². The number of para-hydroxylation sites is 1. The van der Waals surface area contributed by atoms with Gasteiger partial charge in [-0.1, -0.05) is 44.7 Å². The number of aliphatic imine (C=N–C) groups is 1. The Morgan fingerprint density at radius 1 is 1.29 bits per heavy atom. The number of hydrogen-bond donors (Lipinski definition) is 2. The van der Waals surface area contributed by atoms with Gasteiger partial charge in [-0.15, -0.1) is 0 Å². The zero-order valence-corrected chi connectivity index (χ0v) is 15.2. The van der Waals surface area contributed by atoms with Crippen molar-refractivity contribution in [3.05, 3.63) is 42.5 Å². The highest BCUT2D eigenvalue weighted by molar-refractivity contribution is 5.79. The van der Waals surface area contributed by atoms with E-state index >= 15 is 0 Å². The van der Waals surface area contributed by atoms with Crippen molar-refractivity contribution in [1.29, 1.82) is 0 Å². The predicted molar refractivity (Wildman–Crippen MR) is 101 cm³/mol. The fourth-order valence-corrected chi connectivity index (χ4v) is 1.99. The molecule has 0 saturated heterocycles. The maximum Gasteiger partial charge on any atom is 0.191 e.